The van der Waals surface area contributed by atoms with Crippen LogP contribution in [0.25, 0.3) is 0 Å². The van der Waals surface area contributed by atoms with Gasteiger partial charge in [-0.2, -0.15) is 0 Å². The Morgan fingerprint density at radius 2 is 2.05 bits per heavy atom. The lowest BCUT2D eigenvalue weighted by Crippen LogP contribution is -2.15. The number of hydrogen-bond acceptors (Lipinski definition) is 5. The van der Waals surface area contributed by atoms with Gasteiger partial charge in [-0.25, -0.2) is 4.98 Å². The molecule has 1 amide bonds. The molecule has 114 valence electrons. The topological polar surface area (TPSA) is 94.4 Å². The number of carbonyl (C=O) groups excluding carboxylic acids is 1. The summed E-state index contributed by atoms with van der Waals surface area (Å²) in [5.74, 6) is 0.768. The van der Waals surface area contributed by atoms with Crippen LogP contribution in [0, 0.1) is 17.0 Å². The molecule has 0 saturated heterocycles. The van der Waals surface area contributed by atoms with E-state index in [1.807, 2.05) is 0 Å². The molecule has 0 unspecified atom stereocenters. The summed E-state index contributed by atoms with van der Waals surface area (Å²) in [6.45, 7) is 1.60. The van der Waals surface area contributed by atoms with Crippen molar-refractivity contribution in [2.24, 2.45) is 0 Å². The number of aromatic nitrogens is 1. The molecular weight excluding hydrogens is 286 g/mol. The number of anilines is 1. The zero-order valence-corrected chi connectivity index (χ0v) is 12.2. The van der Waals surface area contributed by atoms with Crippen molar-refractivity contribution in [2.45, 2.75) is 13.3 Å². The second kappa shape index (κ2) is 6.66. The van der Waals surface area contributed by atoms with Gasteiger partial charge in [0, 0.05) is 5.56 Å². The number of methoxy groups -OCH3 is 1. The molecule has 0 spiro atoms. The highest BCUT2D eigenvalue weighted by Gasteiger charge is 2.13. The standard InChI is InChI=1S/C15H15N3O4/c1-10-7-14(16-9-13(10)18(20)21)17-15(19)8-11-3-5-12(22-2)6-4-11/h3-7,9H,8H2,1-2H3,(H,16,17,19). The van der Waals surface area contributed by atoms with E-state index in [9.17, 15) is 14.9 Å². The minimum atomic E-state index is -0.509. The molecule has 1 aromatic heterocycles. The number of aryl methyl sites for hydroxylation is 1. The van der Waals surface area contributed by atoms with E-state index in [4.69, 9.17) is 4.74 Å². The number of pyridine rings is 1. The first-order valence-electron chi connectivity index (χ1n) is 6.53. The molecule has 2 rings (SSSR count). The second-order valence-corrected chi connectivity index (χ2v) is 4.69. The van der Waals surface area contributed by atoms with Crippen molar-refractivity contribution in [3.63, 3.8) is 0 Å². The minimum absolute atomic E-state index is 0.0758. The van der Waals surface area contributed by atoms with Crippen molar-refractivity contribution in [1.82, 2.24) is 4.98 Å². The molecule has 0 aliphatic heterocycles. The average molecular weight is 301 g/mol. The molecule has 7 nitrogen and oxygen atoms in total. The molecule has 2 aromatic rings. The van der Waals surface area contributed by atoms with E-state index < -0.39 is 4.92 Å². The number of nitro groups is 1. The first-order valence-corrected chi connectivity index (χ1v) is 6.53. The fraction of sp³-hybridized carbons (Fsp3) is 0.200. The monoisotopic (exact) mass is 301 g/mol. The summed E-state index contributed by atoms with van der Waals surface area (Å²) in [5, 5.41) is 13.3. The van der Waals surface area contributed by atoms with Crippen LogP contribution < -0.4 is 10.1 Å². The third-order valence-corrected chi connectivity index (χ3v) is 3.07. The first kappa shape index (κ1) is 15.4. The zero-order chi connectivity index (χ0) is 16.1. The van der Waals surface area contributed by atoms with Gasteiger partial charge in [0.25, 0.3) is 5.69 Å². The number of ether oxygens (including phenoxy) is 1. The van der Waals surface area contributed by atoms with Gasteiger partial charge in [0.1, 0.15) is 17.8 Å². The van der Waals surface area contributed by atoms with Crippen molar-refractivity contribution in [1.29, 1.82) is 0 Å². The van der Waals surface area contributed by atoms with Crippen LogP contribution in [0.2, 0.25) is 0 Å². The highest BCUT2D eigenvalue weighted by Crippen LogP contribution is 2.19. The maximum atomic E-state index is 12.0. The number of nitrogens with zero attached hydrogens (tertiary/aromatic N) is 2. The summed E-state index contributed by atoms with van der Waals surface area (Å²) in [5.41, 5.74) is 1.20. The number of benzene rings is 1. The van der Waals surface area contributed by atoms with Crippen molar-refractivity contribution >= 4 is 17.4 Å². The highest BCUT2D eigenvalue weighted by atomic mass is 16.6. The van der Waals surface area contributed by atoms with Gasteiger partial charge in [-0.1, -0.05) is 12.1 Å². The quantitative estimate of drug-likeness (QED) is 0.676. The summed E-state index contributed by atoms with van der Waals surface area (Å²) in [4.78, 5) is 26.0. The van der Waals surface area contributed by atoms with Gasteiger partial charge >= 0.3 is 0 Å². The normalized spacial score (nSPS) is 10.1. The molecule has 0 bridgehead atoms. The predicted molar refractivity (Wildman–Crippen MR) is 81.0 cm³/mol. The molecule has 1 heterocycles. The molecule has 0 aliphatic rings. The first-order chi connectivity index (χ1) is 10.5. The van der Waals surface area contributed by atoms with Crippen LogP contribution in [-0.2, 0) is 11.2 Å². The Labute approximate surface area is 127 Å². The molecular formula is C15H15N3O4. The highest BCUT2D eigenvalue weighted by molar-refractivity contribution is 5.91. The number of rotatable bonds is 5. The fourth-order valence-corrected chi connectivity index (χ4v) is 1.92. The fourth-order valence-electron chi connectivity index (χ4n) is 1.92. The third kappa shape index (κ3) is 3.78. The van der Waals surface area contributed by atoms with Crippen LogP contribution in [0.3, 0.4) is 0 Å². The van der Waals surface area contributed by atoms with E-state index in [1.54, 1.807) is 38.3 Å². The summed E-state index contributed by atoms with van der Waals surface area (Å²) in [7, 11) is 1.57. The van der Waals surface area contributed by atoms with Gasteiger partial charge in [0.15, 0.2) is 0 Å². The maximum absolute atomic E-state index is 12.0. The lowest BCUT2D eigenvalue weighted by molar-refractivity contribution is -0.385. The Kier molecular flexibility index (Phi) is 4.67. The Morgan fingerprint density at radius 1 is 1.36 bits per heavy atom. The van der Waals surface area contributed by atoms with E-state index in [-0.39, 0.29) is 18.0 Å². The average Bonchev–Trinajstić information content (AvgIpc) is 2.47. The molecule has 22 heavy (non-hydrogen) atoms. The van der Waals surface area contributed by atoms with Crippen LogP contribution in [0.15, 0.2) is 36.5 Å². The number of hydrogen-bond donors (Lipinski definition) is 1. The lowest BCUT2D eigenvalue weighted by atomic mass is 10.1. The summed E-state index contributed by atoms with van der Waals surface area (Å²) in [6, 6.07) is 8.62. The minimum Gasteiger partial charge on any atom is -0.497 e. The third-order valence-electron chi connectivity index (χ3n) is 3.07. The summed E-state index contributed by atoms with van der Waals surface area (Å²) >= 11 is 0. The van der Waals surface area contributed by atoms with Gasteiger partial charge in [-0.15, -0.1) is 0 Å². The van der Waals surface area contributed by atoms with Crippen LogP contribution in [0.4, 0.5) is 11.5 Å². The molecule has 1 aromatic carbocycles. The zero-order valence-electron chi connectivity index (χ0n) is 12.2. The predicted octanol–water partition coefficient (Wildman–Crippen LogP) is 2.49. The summed E-state index contributed by atoms with van der Waals surface area (Å²) < 4.78 is 5.05. The number of carbonyl (C=O) groups is 1. The van der Waals surface area contributed by atoms with E-state index >= 15 is 0 Å². The van der Waals surface area contributed by atoms with E-state index in [1.165, 1.54) is 6.07 Å². The Hall–Kier alpha value is -2.96. The van der Waals surface area contributed by atoms with Crippen molar-refractivity contribution in [2.75, 3.05) is 12.4 Å². The molecule has 0 saturated carbocycles. The smallest absolute Gasteiger partial charge is 0.290 e. The SMILES string of the molecule is COc1ccc(CC(=O)Nc2cc(C)c([N+](=O)[O-])cn2)cc1. The van der Waals surface area contributed by atoms with Gasteiger partial charge in [0.05, 0.1) is 18.5 Å². The van der Waals surface area contributed by atoms with Crippen LogP contribution in [0.1, 0.15) is 11.1 Å². The van der Waals surface area contributed by atoms with E-state index in [0.29, 0.717) is 11.4 Å². The van der Waals surface area contributed by atoms with Crippen LogP contribution in [-0.4, -0.2) is 22.9 Å². The second-order valence-electron chi connectivity index (χ2n) is 4.69. The van der Waals surface area contributed by atoms with Crippen molar-refractivity contribution < 1.29 is 14.5 Å². The van der Waals surface area contributed by atoms with Gasteiger partial charge in [-0.05, 0) is 30.7 Å². The van der Waals surface area contributed by atoms with Crippen molar-refractivity contribution in [3.05, 3.63) is 57.8 Å². The molecule has 0 atom stereocenters. The van der Waals surface area contributed by atoms with Gasteiger partial charge in [-0.3, -0.25) is 14.9 Å². The molecule has 0 radical (unpaired) electrons. The van der Waals surface area contributed by atoms with Gasteiger partial charge < -0.3 is 10.1 Å². The Morgan fingerprint density at radius 3 is 2.59 bits per heavy atom. The van der Waals surface area contributed by atoms with E-state index in [0.717, 1.165) is 17.5 Å². The maximum Gasteiger partial charge on any atom is 0.290 e. The van der Waals surface area contributed by atoms with Crippen molar-refractivity contribution in [3.8, 4) is 5.75 Å². The molecule has 0 aliphatic carbocycles. The molecule has 7 heteroatoms. The molecule has 0 fully saturated rings. The van der Waals surface area contributed by atoms with E-state index in [2.05, 4.69) is 10.3 Å². The van der Waals surface area contributed by atoms with Crippen LogP contribution in [0.5, 0.6) is 5.75 Å². The summed E-state index contributed by atoms with van der Waals surface area (Å²) in [6.07, 6.45) is 1.32. The van der Waals surface area contributed by atoms with Crippen LogP contribution >= 0.6 is 0 Å². The number of amides is 1. The lowest BCUT2D eigenvalue weighted by Gasteiger charge is -2.06. The largest absolute Gasteiger partial charge is 0.497 e. The number of nitrogens with one attached hydrogen (secondary N) is 1. The molecule has 1 N–H and O–H groups in total. The van der Waals surface area contributed by atoms with Gasteiger partial charge in [0.2, 0.25) is 5.91 Å². The Bertz CT molecular complexity index is 698. The Balaban J connectivity index is 2.02.